The average molecular weight is 437 g/mol. The summed E-state index contributed by atoms with van der Waals surface area (Å²) in [6.45, 7) is 6.53. The van der Waals surface area contributed by atoms with Crippen LogP contribution < -0.4 is 5.32 Å². The number of anilines is 1. The lowest BCUT2D eigenvalue weighted by Gasteiger charge is -2.19. The molecule has 2 heterocycles. The predicted molar refractivity (Wildman–Crippen MR) is 118 cm³/mol. The van der Waals surface area contributed by atoms with Gasteiger partial charge in [0, 0.05) is 5.56 Å². The number of tetrazole rings is 1. The molecule has 0 unspecified atom stereocenters. The standard InChI is InChI=1S/C21H20N6OS2/c1-21(2,3)15-9-11-16(12-10-15)27-19(24-25-26-27)30-20-22-13-17(29-20)23-18(28)14-7-5-4-6-8-14/h4-13H,1-3H3,(H,23,28). The van der Waals surface area contributed by atoms with Crippen molar-refractivity contribution in [2.24, 2.45) is 0 Å². The molecule has 0 radical (unpaired) electrons. The Bertz CT molecular complexity index is 1150. The maximum atomic E-state index is 12.3. The summed E-state index contributed by atoms with van der Waals surface area (Å²) >= 11 is 2.73. The van der Waals surface area contributed by atoms with Gasteiger partial charge in [-0.25, -0.2) is 4.98 Å². The first kappa shape index (κ1) is 20.2. The molecule has 0 bridgehead atoms. The molecular formula is C21H20N6OS2. The molecule has 0 fully saturated rings. The van der Waals surface area contributed by atoms with Crippen molar-refractivity contribution in [3.05, 3.63) is 71.9 Å². The number of amides is 1. The van der Waals surface area contributed by atoms with Crippen LogP contribution in [0.3, 0.4) is 0 Å². The number of benzene rings is 2. The number of aromatic nitrogens is 5. The van der Waals surface area contributed by atoms with Crippen LogP contribution in [0.25, 0.3) is 5.69 Å². The van der Waals surface area contributed by atoms with E-state index in [4.69, 9.17) is 0 Å². The first-order valence-electron chi connectivity index (χ1n) is 9.29. The molecule has 2 aromatic carbocycles. The zero-order valence-corrected chi connectivity index (χ0v) is 18.4. The summed E-state index contributed by atoms with van der Waals surface area (Å²) in [5, 5.41) is 16.2. The van der Waals surface area contributed by atoms with Gasteiger partial charge < -0.3 is 5.32 Å². The van der Waals surface area contributed by atoms with Crippen LogP contribution in [0.1, 0.15) is 36.7 Å². The van der Waals surface area contributed by atoms with Gasteiger partial charge in [0.25, 0.3) is 5.91 Å². The third kappa shape index (κ3) is 4.58. The van der Waals surface area contributed by atoms with Gasteiger partial charge in [0.2, 0.25) is 5.16 Å². The molecule has 0 saturated heterocycles. The molecule has 9 heteroatoms. The average Bonchev–Trinajstić information content (AvgIpc) is 3.38. The fourth-order valence-electron chi connectivity index (χ4n) is 2.72. The summed E-state index contributed by atoms with van der Waals surface area (Å²) in [6, 6.07) is 17.3. The van der Waals surface area contributed by atoms with Crippen LogP contribution >= 0.6 is 23.1 Å². The van der Waals surface area contributed by atoms with E-state index in [0.717, 1.165) is 10.0 Å². The lowest BCUT2D eigenvalue weighted by atomic mass is 9.87. The van der Waals surface area contributed by atoms with Crippen LogP contribution in [0, 0.1) is 0 Å². The van der Waals surface area contributed by atoms with E-state index in [1.165, 1.54) is 28.7 Å². The number of hydrogen-bond donors (Lipinski definition) is 1. The summed E-state index contributed by atoms with van der Waals surface area (Å²) < 4.78 is 2.42. The molecule has 0 atom stereocenters. The van der Waals surface area contributed by atoms with Crippen LogP contribution in [0.5, 0.6) is 0 Å². The Hall–Kier alpha value is -3.04. The second kappa shape index (κ2) is 8.37. The van der Waals surface area contributed by atoms with Crippen LogP contribution in [0.2, 0.25) is 0 Å². The largest absolute Gasteiger partial charge is 0.312 e. The molecular weight excluding hydrogens is 416 g/mol. The van der Waals surface area contributed by atoms with Gasteiger partial charge in [0.1, 0.15) is 5.00 Å². The SMILES string of the molecule is CC(C)(C)c1ccc(-n2nnnc2Sc2ncc(NC(=O)c3ccccc3)s2)cc1. The van der Waals surface area contributed by atoms with Crippen molar-refractivity contribution >= 4 is 34.0 Å². The van der Waals surface area contributed by atoms with Crippen molar-refractivity contribution in [1.29, 1.82) is 0 Å². The highest BCUT2D eigenvalue weighted by molar-refractivity contribution is 8.01. The maximum absolute atomic E-state index is 12.3. The number of nitrogens with zero attached hydrogens (tertiary/aromatic N) is 5. The number of rotatable bonds is 5. The second-order valence-corrected chi connectivity index (χ2v) is 9.83. The molecule has 0 aliphatic heterocycles. The van der Waals surface area contributed by atoms with Gasteiger partial charge in [0.15, 0.2) is 4.34 Å². The summed E-state index contributed by atoms with van der Waals surface area (Å²) in [7, 11) is 0. The Morgan fingerprint density at radius 2 is 1.80 bits per heavy atom. The summed E-state index contributed by atoms with van der Waals surface area (Å²) in [5.41, 5.74) is 2.80. The Balaban J connectivity index is 1.48. The van der Waals surface area contributed by atoms with E-state index in [9.17, 15) is 4.79 Å². The molecule has 4 rings (SSSR count). The first-order valence-corrected chi connectivity index (χ1v) is 10.9. The highest BCUT2D eigenvalue weighted by atomic mass is 32.2. The van der Waals surface area contributed by atoms with Gasteiger partial charge in [-0.05, 0) is 57.4 Å². The fourth-order valence-corrected chi connectivity index (χ4v) is 4.49. The highest BCUT2D eigenvalue weighted by Gasteiger charge is 2.16. The van der Waals surface area contributed by atoms with Crippen LogP contribution in [0.4, 0.5) is 5.00 Å². The quantitative estimate of drug-likeness (QED) is 0.483. The number of carbonyl (C=O) groups excluding carboxylic acids is 1. The van der Waals surface area contributed by atoms with E-state index in [0.29, 0.717) is 15.7 Å². The molecule has 0 spiro atoms. The molecule has 7 nitrogen and oxygen atoms in total. The van der Waals surface area contributed by atoms with Crippen molar-refractivity contribution in [3.8, 4) is 5.69 Å². The van der Waals surface area contributed by atoms with Gasteiger partial charge in [-0.1, -0.05) is 62.4 Å². The number of carbonyl (C=O) groups is 1. The van der Waals surface area contributed by atoms with Gasteiger partial charge in [-0.15, -0.1) is 5.10 Å². The predicted octanol–water partition coefficient (Wildman–Crippen LogP) is 4.82. The molecule has 1 N–H and O–H groups in total. The molecule has 152 valence electrons. The lowest BCUT2D eigenvalue weighted by Crippen LogP contribution is -2.11. The van der Waals surface area contributed by atoms with Gasteiger partial charge in [-0.2, -0.15) is 4.68 Å². The fraction of sp³-hybridized carbons (Fsp3) is 0.190. The summed E-state index contributed by atoms with van der Waals surface area (Å²) in [5.74, 6) is -0.167. The number of nitrogens with one attached hydrogen (secondary N) is 1. The molecule has 1 amide bonds. The third-order valence-corrected chi connectivity index (χ3v) is 6.28. The van der Waals surface area contributed by atoms with Crippen LogP contribution in [0.15, 0.2) is 70.3 Å². The molecule has 2 aromatic heterocycles. The molecule has 0 aliphatic rings. The van der Waals surface area contributed by atoms with Crippen molar-refractivity contribution in [3.63, 3.8) is 0 Å². The third-order valence-electron chi connectivity index (χ3n) is 4.35. The Labute approximate surface area is 182 Å². The first-order chi connectivity index (χ1) is 14.4. The maximum Gasteiger partial charge on any atom is 0.256 e. The zero-order valence-electron chi connectivity index (χ0n) is 16.7. The van der Waals surface area contributed by atoms with Crippen molar-refractivity contribution in [1.82, 2.24) is 25.2 Å². The number of thiazole rings is 1. The Kier molecular flexibility index (Phi) is 5.65. The van der Waals surface area contributed by atoms with E-state index in [-0.39, 0.29) is 11.3 Å². The highest BCUT2D eigenvalue weighted by Crippen LogP contribution is 2.33. The van der Waals surface area contributed by atoms with Crippen LogP contribution in [-0.2, 0) is 5.41 Å². The molecule has 0 saturated carbocycles. The van der Waals surface area contributed by atoms with Gasteiger partial charge >= 0.3 is 0 Å². The van der Waals surface area contributed by atoms with Gasteiger partial charge in [-0.3, -0.25) is 4.79 Å². The minimum Gasteiger partial charge on any atom is -0.312 e. The zero-order chi connectivity index (χ0) is 21.1. The van der Waals surface area contributed by atoms with Crippen molar-refractivity contribution in [2.45, 2.75) is 35.7 Å². The minimum absolute atomic E-state index is 0.0815. The summed E-state index contributed by atoms with van der Waals surface area (Å²) in [6.07, 6.45) is 1.64. The smallest absolute Gasteiger partial charge is 0.256 e. The van der Waals surface area contributed by atoms with E-state index >= 15 is 0 Å². The normalized spacial score (nSPS) is 11.4. The molecule has 0 aliphatic carbocycles. The topological polar surface area (TPSA) is 85.6 Å². The van der Waals surface area contributed by atoms with E-state index < -0.39 is 0 Å². The minimum atomic E-state index is -0.167. The molecule has 30 heavy (non-hydrogen) atoms. The Morgan fingerprint density at radius 1 is 1.07 bits per heavy atom. The summed E-state index contributed by atoms with van der Waals surface area (Å²) in [4.78, 5) is 16.7. The lowest BCUT2D eigenvalue weighted by molar-refractivity contribution is 0.102. The van der Waals surface area contributed by atoms with Crippen LogP contribution in [-0.4, -0.2) is 31.1 Å². The van der Waals surface area contributed by atoms with Crippen molar-refractivity contribution in [2.75, 3.05) is 5.32 Å². The number of hydrogen-bond acceptors (Lipinski definition) is 7. The van der Waals surface area contributed by atoms with E-state index in [2.05, 4.69) is 58.7 Å². The van der Waals surface area contributed by atoms with Gasteiger partial charge in [0.05, 0.1) is 11.9 Å². The van der Waals surface area contributed by atoms with E-state index in [1.54, 1.807) is 23.0 Å². The van der Waals surface area contributed by atoms with E-state index in [1.807, 2.05) is 30.3 Å². The monoisotopic (exact) mass is 436 g/mol. The Morgan fingerprint density at radius 3 is 2.50 bits per heavy atom. The molecule has 4 aromatic rings. The van der Waals surface area contributed by atoms with Crippen molar-refractivity contribution < 1.29 is 4.79 Å². The second-order valence-electron chi connectivity index (χ2n) is 7.58.